The molecule has 170 valence electrons. The second-order valence-electron chi connectivity index (χ2n) is 8.04. The Labute approximate surface area is 195 Å². The monoisotopic (exact) mass is 483 g/mol. The van der Waals surface area contributed by atoms with E-state index < -0.39 is 10.0 Å². The summed E-state index contributed by atoms with van der Waals surface area (Å²) >= 11 is 1.30. The van der Waals surface area contributed by atoms with Crippen LogP contribution in [0, 0.1) is 5.82 Å². The van der Waals surface area contributed by atoms with Gasteiger partial charge in [0.1, 0.15) is 16.5 Å². The molecule has 4 aromatic rings. The molecule has 1 unspecified atom stereocenters. The number of rotatable bonds is 5. The summed E-state index contributed by atoms with van der Waals surface area (Å²) in [5.74, 6) is 0.401. The van der Waals surface area contributed by atoms with Gasteiger partial charge in [-0.05, 0) is 36.8 Å². The number of pyridine rings is 1. The van der Waals surface area contributed by atoms with Crippen LogP contribution in [0.4, 0.5) is 9.52 Å². The van der Waals surface area contributed by atoms with E-state index in [1.54, 1.807) is 40.8 Å². The molecule has 2 aromatic carbocycles. The molecule has 10 heteroatoms. The van der Waals surface area contributed by atoms with Gasteiger partial charge in [0.2, 0.25) is 15.2 Å². The molecule has 0 amide bonds. The van der Waals surface area contributed by atoms with Crippen molar-refractivity contribution in [2.24, 2.45) is 0 Å². The highest BCUT2D eigenvalue weighted by atomic mass is 32.2. The van der Waals surface area contributed by atoms with Gasteiger partial charge >= 0.3 is 0 Å². The molecule has 1 atom stereocenters. The molecule has 0 saturated carbocycles. The molecule has 1 aliphatic rings. The maximum absolute atomic E-state index is 13.5. The third-order valence-electron chi connectivity index (χ3n) is 5.75. The number of hydrogen-bond acceptors (Lipinski definition) is 7. The van der Waals surface area contributed by atoms with E-state index in [1.807, 2.05) is 19.1 Å². The summed E-state index contributed by atoms with van der Waals surface area (Å²) < 4.78 is 46.1. The molecule has 0 N–H and O–H groups in total. The number of sulfonamides is 1. The van der Waals surface area contributed by atoms with E-state index in [-0.39, 0.29) is 16.8 Å². The normalized spacial score (nSPS) is 17.5. The lowest BCUT2D eigenvalue weighted by molar-refractivity contribution is 0.307. The van der Waals surface area contributed by atoms with Crippen LogP contribution in [-0.4, -0.2) is 52.7 Å². The van der Waals surface area contributed by atoms with Gasteiger partial charge in [-0.3, -0.25) is 4.98 Å². The average Bonchev–Trinajstić information content (AvgIpc) is 3.28. The Morgan fingerprint density at radius 3 is 2.67 bits per heavy atom. The second-order valence-corrected chi connectivity index (χ2v) is 10.6. The SMILES string of the molecule is CC1CN(c2nc(Cc3ccc(F)cc3)ns2)CCN1S(=O)(=O)c1cccc2cccnc12. The van der Waals surface area contributed by atoms with Crippen LogP contribution in [0.1, 0.15) is 18.3 Å². The molecule has 0 aliphatic carbocycles. The minimum Gasteiger partial charge on any atom is -0.344 e. The van der Waals surface area contributed by atoms with Crippen molar-refractivity contribution >= 4 is 37.6 Å². The highest BCUT2D eigenvalue weighted by Crippen LogP contribution is 2.29. The quantitative estimate of drug-likeness (QED) is 0.431. The van der Waals surface area contributed by atoms with E-state index in [4.69, 9.17) is 0 Å². The first-order chi connectivity index (χ1) is 15.9. The van der Waals surface area contributed by atoms with E-state index in [0.29, 0.717) is 37.4 Å². The molecule has 2 aromatic heterocycles. The predicted octanol–water partition coefficient (Wildman–Crippen LogP) is 3.72. The van der Waals surface area contributed by atoms with Gasteiger partial charge in [-0.1, -0.05) is 30.3 Å². The Kier molecular flexibility index (Phi) is 5.81. The Morgan fingerprint density at radius 1 is 1.09 bits per heavy atom. The van der Waals surface area contributed by atoms with Crippen molar-refractivity contribution in [1.82, 2.24) is 18.6 Å². The summed E-state index contributed by atoms with van der Waals surface area (Å²) in [6.07, 6.45) is 2.14. The zero-order valence-corrected chi connectivity index (χ0v) is 19.6. The maximum Gasteiger partial charge on any atom is 0.245 e. The Bertz CT molecular complexity index is 1390. The summed E-state index contributed by atoms with van der Waals surface area (Å²) in [5.41, 5.74) is 1.43. The minimum atomic E-state index is -3.70. The lowest BCUT2D eigenvalue weighted by Gasteiger charge is -2.38. The topological polar surface area (TPSA) is 79.3 Å². The molecule has 1 saturated heterocycles. The smallest absolute Gasteiger partial charge is 0.245 e. The third-order valence-corrected chi connectivity index (χ3v) is 8.61. The van der Waals surface area contributed by atoms with Gasteiger partial charge in [0.15, 0.2) is 0 Å². The Morgan fingerprint density at radius 2 is 1.88 bits per heavy atom. The van der Waals surface area contributed by atoms with E-state index in [2.05, 4.69) is 19.2 Å². The number of anilines is 1. The number of nitrogens with zero attached hydrogens (tertiary/aromatic N) is 5. The highest BCUT2D eigenvalue weighted by Gasteiger charge is 2.35. The van der Waals surface area contributed by atoms with Gasteiger partial charge in [0.05, 0.1) is 5.52 Å². The fourth-order valence-corrected chi connectivity index (χ4v) is 6.61. The first kappa shape index (κ1) is 21.9. The van der Waals surface area contributed by atoms with Crippen molar-refractivity contribution < 1.29 is 12.8 Å². The van der Waals surface area contributed by atoms with Crippen molar-refractivity contribution in [1.29, 1.82) is 0 Å². The van der Waals surface area contributed by atoms with Crippen LogP contribution in [0.5, 0.6) is 0 Å². The largest absolute Gasteiger partial charge is 0.344 e. The molecule has 3 heterocycles. The second kappa shape index (κ2) is 8.77. The molecule has 33 heavy (non-hydrogen) atoms. The van der Waals surface area contributed by atoms with Crippen LogP contribution < -0.4 is 4.90 Å². The fourth-order valence-electron chi connectivity index (χ4n) is 4.11. The summed E-state index contributed by atoms with van der Waals surface area (Å²) in [4.78, 5) is 11.3. The summed E-state index contributed by atoms with van der Waals surface area (Å²) in [6, 6.07) is 15.0. The van der Waals surface area contributed by atoms with Gasteiger partial charge in [-0.15, -0.1) is 0 Å². The van der Waals surface area contributed by atoms with Crippen molar-refractivity contribution in [3.05, 3.63) is 78.0 Å². The van der Waals surface area contributed by atoms with Crippen LogP contribution >= 0.6 is 11.5 Å². The van der Waals surface area contributed by atoms with Crippen LogP contribution in [-0.2, 0) is 16.4 Å². The molecule has 1 aliphatic heterocycles. The number of benzene rings is 2. The van der Waals surface area contributed by atoms with E-state index >= 15 is 0 Å². The average molecular weight is 484 g/mol. The molecule has 0 spiro atoms. The molecule has 0 radical (unpaired) electrons. The highest BCUT2D eigenvalue weighted by molar-refractivity contribution is 7.89. The molecular weight excluding hydrogens is 461 g/mol. The van der Waals surface area contributed by atoms with Crippen molar-refractivity contribution in [2.45, 2.75) is 24.3 Å². The molecule has 0 bridgehead atoms. The lowest BCUT2D eigenvalue weighted by atomic mass is 10.1. The van der Waals surface area contributed by atoms with E-state index in [1.165, 1.54) is 23.7 Å². The number of para-hydroxylation sites is 1. The van der Waals surface area contributed by atoms with Crippen LogP contribution in [0.25, 0.3) is 10.9 Å². The number of hydrogen-bond donors (Lipinski definition) is 0. The standard InChI is InChI=1S/C23H22FN5O2S2/c1-16-15-28(23-26-21(27-32-23)14-17-7-9-19(24)10-8-17)12-13-29(16)33(30,31)20-6-2-4-18-5-3-11-25-22(18)20/h2-11,16H,12-15H2,1H3. The van der Waals surface area contributed by atoms with Crippen LogP contribution in [0.3, 0.4) is 0 Å². The Hall–Kier alpha value is -2.95. The fraction of sp³-hybridized carbons (Fsp3) is 0.261. The van der Waals surface area contributed by atoms with E-state index in [9.17, 15) is 12.8 Å². The van der Waals surface area contributed by atoms with Gasteiger partial charge in [0.25, 0.3) is 0 Å². The van der Waals surface area contributed by atoms with Gasteiger partial charge in [0, 0.05) is 55.2 Å². The number of piperazine rings is 1. The van der Waals surface area contributed by atoms with Crippen molar-refractivity contribution in [2.75, 3.05) is 24.5 Å². The van der Waals surface area contributed by atoms with Crippen LogP contribution in [0.15, 0.2) is 65.7 Å². The van der Waals surface area contributed by atoms with Crippen molar-refractivity contribution in [3.63, 3.8) is 0 Å². The zero-order chi connectivity index (χ0) is 23.0. The molecule has 5 rings (SSSR count). The first-order valence-electron chi connectivity index (χ1n) is 10.6. The van der Waals surface area contributed by atoms with Gasteiger partial charge in [-0.2, -0.15) is 8.68 Å². The molecule has 7 nitrogen and oxygen atoms in total. The van der Waals surface area contributed by atoms with E-state index in [0.717, 1.165) is 16.1 Å². The van der Waals surface area contributed by atoms with Gasteiger partial charge in [-0.25, -0.2) is 17.8 Å². The summed E-state index contributed by atoms with van der Waals surface area (Å²) in [6.45, 7) is 3.29. The lowest BCUT2D eigenvalue weighted by Crippen LogP contribution is -2.54. The predicted molar refractivity (Wildman–Crippen MR) is 126 cm³/mol. The number of fused-ring (bicyclic) bond motifs is 1. The van der Waals surface area contributed by atoms with Crippen LogP contribution in [0.2, 0.25) is 0 Å². The molecule has 1 fully saturated rings. The Balaban J connectivity index is 1.32. The summed E-state index contributed by atoms with van der Waals surface area (Å²) in [5, 5.41) is 1.57. The number of halogens is 1. The van der Waals surface area contributed by atoms with Crippen molar-refractivity contribution in [3.8, 4) is 0 Å². The number of aromatic nitrogens is 3. The minimum absolute atomic E-state index is 0.235. The van der Waals surface area contributed by atoms with Gasteiger partial charge < -0.3 is 4.90 Å². The zero-order valence-electron chi connectivity index (χ0n) is 17.9. The first-order valence-corrected chi connectivity index (χ1v) is 12.8. The summed E-state index contributed by atoms with van der Waals surface area (Å²) in [7, 11) is -3.70. The maximum atomic E-state index is 13.5. The molecular formula is C23H22FN5O2S2. The third kappa shape index (κ3) is 4.33.